The van der Waals surface area contributed by atoms with Crippen LogP contribution < -0.4 is 11.5 Å². The largest absolute Gasteiger partial charge is 0.391 e. The van der Waals surface area contributed by atoms with Gasteiger partial charge in [-0.1, -0.05) is 0 Å². The van der Waals surface area contributed by atoms with Crippen molar-refractivity contribution in [3.63, 3.8) is 0 Å². The van der Waals surface area contributed by atoms with Crippen molar-refractivity contribution in [3.8, 4) is 0 Å². The third-order valence-electron chi connectivity index (χ3n) is 1.49. The second kappa shape index (κ2) is 4.40. The van der Waals surface area contributed by atoms with E-state index in [-0.39, 0.29) is 0 Å². The van der Waals surface area contributed by atoms with Gasteiger partial charge in [0.15, 0.2) is 0 Å². The van der Waals surface area contributed by atoms with Gasteiger partial charge in [0, 0.05) is 0 Å². The van der Waals surface area contributed by atoms with Crippen LogP contribution in [0.2, 0.25) is 0 Å². The molecule has 0 aromatic heterocycles. The average molecular weight is 162 g/mol. The number of rotatable bonds is 4. The summed E-state index contributed by atoms with van der Waals surface area (Å²) in [6.45, 7) is 1.38. The molecule has 0 fully saturated rings. The van der Waals surface area contributed by atoms with Gasteiger partial charge in [-0.05, 0) is 6.92 Å². The molecule has 0 spiro atoms. The first-order valence-corrected chi connectivity index (χ1v) is 3.33. The fourth-order valence-electron chi connectivity index (χ4n) is 0.640. The van der Waals surface area contributed by atoms with Crippen molar-refractivity contribution in [2.24, 2.45) is 11.5 Å². The molecule has 11 heavy (non-hydrogen) atoms. The minimum absolute atomic E-state index is 0.441. The number of hydrogen-bond donors (Lipinski definition) is 4. The Morgan fingerprint density at radius 1 is 1.36 bits per heavy atom. The molecule has 0 heterocycles. The van der Waals surface area contributed by atoms with E-state index in [1.54, 1.807) is 0 Å². The maximum Gasteiger partial charge on any atom is 0.138 e. The molecule has 0 rings (SSSR count). The zero-order chi connectivity index (χ0) is 9.02. The standard InChI is InChI=1S/C6H14N2O3/c1-3(10)6(11)5(8)4(7)2-9/h2-6,10-11H,7-8H2,1H3/t3-,4-,5-,6-/m1/s1. The zero-order valence-electron chi connectivity index (χ0n) is 6.34. The van der Waals surface area contributed by atoms with Gasteiger partial charge in [0.25, 0.3) is 0 Å². The number of aliphatic hydroxyl groups excluding tert-OH is 2. The summed E-state index contributed by atoms with van der Waals surface area (Å²) in [5.41, 5.74) is 10.5. The molecule has 0 saturated carbocycles. The summed E-state index contributed by atoms with van der Waals surface area (Å²) in [4.78, 5) is 10.1. The normalized spacial score (nSPS) is 21.9. The highest BCUT2D eigenvalue weighted by Gasteiger charge is 2.24. The Hall–Kier alpha value is -0.490. The highest BCUT2D eigenvalue weighted by Crippen LogP contribution is 1.98. The molecule has 5 nitrogen and oxygen atoms in total. The molecule has 4 atom stereocenters. The number of aliphatic hydroxyl groups is 2. The van der Waals surface area contributed by atoms with Gasteiger partial charge >= 0.3 is 0 Å². The molecule has 66 valence electrons. The van der Waals surface area contributed by atoms with Crippen molar-refractivity contribution in [2.45, 2.75) is 31.2 Å². The van der Waals surface area contributed by atoms with E-state index < -0.39 is 24.3 Å². The lowest BCUT2D eigenvalue weighted by atomic mass is 10.0. The van der Waals surface area contributed by atoms with Gasteiger partial charge in [-0.2, -0.15) is 0 Å². The predicted molar refractivity (Wildman–Crippen MR) is 39.7 cm³/mol. The molecule has 0 aromatic carbocycles. The lowest BCUT2D eigenvalue weighted by Crippen LogP contribution is -2.53. The summed E-state index contributed by atoms with van der Waals surface area (Å²) in [6, 6.07) is -1.84. The molecule has 0 bridgehead atoms. The van der Waals surface area contributed by atoms with E-state index >= 15 is 0 Å². The molecule has 0 amide bonds. The molecule has 0 aliphatic carbocycles. The van der Waals surface area contributed by atoms with Crippen molar-refractivity contribution in [1.29, 1.82) is 0 Å². The van der Waals surface area contributed by atoms with Gasteiger partial charge in [-0.25, -0.2) is 0 Å². The monoisotopic (exact) mass is 162 g/mol. The summed E-state index contributed by atoms with van der Waals surface area (Å²) < 4.78 is 0. The van der Waals surface area contributed by atoms with Crippen LogP contribution in [0, 0.1) is 0 Å². The number of carbonyl (C=O) groups is 1. The van der Waals surface area contributed by atoms with Gasteiger partial charge in [-0.15, -0.1) is 0 Å². The second-order valence-corrected chi connectivity index (χ2v) is 2.52. The molecule has 6 N–H and O–H groups in total. The molecule has 5 heteroatoms. The fourth-order valence-corrected chi connectivity index (χ4v) is 0.640. The summed E-state index contributed by atoms with van der Waals surface area (Å²) in [7, 11) is 0. The Labute approximate surface area is 65.0 Å². The van der Waals surface area contributed by atoms with Crippen LogP contribution in [0.4, 0.5) is 0 Å². The Balaban J connectivity index is 4.00. The molecule has 0 aliphatic rings. The summed E-state index contributed by atoms with van der Waals surface area (Å²) >= 11 is 0. The summed E-state index contributed by atoms with van der Waals surface area (Å²) in [5.74, 6) is 0. The van der Waals surface area contributed by atoms with Gasteiger partial charge in [0.1, 0.15) is 6.29 Å². The van der Waals surface area contributed by atoms with E-state index in [2.05, 4.69) is 0 Å². The first kappa shape index (κ1) is 10.5. The molecular weight excluding hydrogens is 148 g/mol. The summed E-state index contributed by atoms with van der Waals surface area (Å²) in [5, 5.41) is 17.9. The van der Waals surface area contributed by atoms with E-state index in [0.717, 1.165) is 0 Å². The Morgan fingerprint density at radius 2 is 1.82 bits per heavy atom. The smallest absolute Gasteiger partial charge is 0.138 e. The Morgan fingerprint density at radius 3 is 2.09 bits per heavy atom. The van der Waals surface area contributed by atoms with Crippen LogP contribution in [0.15, 0.2) is 0 Å². The van der Waals surface area contributed by atoms with Crippen LogP contribution in [0.25, 0.3) is 0 Å². The van der Waals surface area contributed by atoms with E-state index in [0.29, 0.717) is 6.29 Å². The Bertz CT molecular complexity index is 129. The van der Waals surface area contributed by atoms with Crippen molar-refractivity contribution in [2.75, 3.05) is 0 Å². The van der Waals surface area contributed by atoms with E-state index in [9.17, 15) is 4.79 Å². The molecule has 0 radical (unpaired) electrons. The van der Waals surface area contributed by atoms with Crippen LogP contribution >= 0.6 is 0 Å². The fraction of sp³-hybridized carbons (Fsp3) is 0.833. The first-order valence-electron chi connectivity index (χ1n) is 3.33. The lowest BCUT2D eigenvalue weighted by Gasteiger charge is -2.22. The van der Waals surface area contributed by atoms with Gasteiger partial charge in [0.2, 0.25) is 0 Å². The maximum absolute atomic E-state index is 10.1. The van der Waals surface area contributed by atoms with Crippen LogP contribution in [-0.2, 0) is 4.79 Å². The third-order valence-corrected chi connectivity index (χ3v) is 1.49. The van der Waals surface area contributed by atoms with Crippen LogP contribution in [0.3, 0.4) is 0 Å². The van der Waals surface area contributed by atoms with Crippen LogP contribution in [0.1, 0.15) is 6.92 Å². The first-order chi connectivity index (χ1) is 5.00. The second-order valence-electron chi connectivity index (χ2n) is 2.52. The van der Waals surface area contributed by atoms with Crippen molar-refractivity contribution < 1.29 is 15.0 Å². The number of hydrogen-bond acceptors (Lipinski definition) is 5. The van der Waals surface area contributed by atoms with E-state index in [1.807, 2.05) is 0 Å². The van der Waals surface area contributed by atoms with Crippen LogP contribution in [0.5, 0.6) is 0 Å². The molecule has 0 aromatic rings. The summed E-state index contributed by atoms with van der Waals surface area (Å²) in [6.07, 6.45) is -1.69. The van der Waals surface area contributed by atoms with Gasteiger partial charge < -0.3 is 26.5 Å². The predicted octanol–water partition coefficient (Wildman–Crippen LogP) is -2.42. The minimum atomic E-state index is -1.16. The molecule has 0 unspecified atom stereocenters. The highest BCUT2D eigenvalue weighted by molar-refractivity contribution is 5.58. The molecule has 0 aliphatic heterocycles. The minimum Gasteiger partial charge on any atom is -0.391 e. The van der Waals surface area contributed by atoms with Crippen LogP contribution in [-0.4, -0.2) is 40.8 Å². The quantitative estimate of drug-likeness (QED) is 0.344. The van der Waals surface area contributed by atoms with Gasteiger partial charge in [0.05, 0.1) is 24.3 Å². The van der Waals surface area contributed by atoms with Gasteiger partial charge in [-0.3, -0.25) is 0 Å². The zero-order valence-corrected chi connectivity index (χ0v) is 6.34. The number of carbonyl (C=O) groups excluding carboxylic acids is 1. The number of aldehydes is 1. The van der Waals surface area contributed by atoms with E-state index in [4.69, 9.17) is 21.7 Å². The molecule has 0 saturated heterocycles. The topological polar surface area (TPSA) is 110 Å². The van der Waals surface area contributed by atoms with Crippen molar-refractivity contribution >= 4 is 6.29 Å². The third kappa shape index (κ3) is 2.94. The average Bonchev–Trinajstić information content (AvgIpc) is 2.00. The van der Waals surface area contributed by atoms with Crippen molar-refractivity contribution in [1.82, 2.24) is 0 Å². The lowest BCUT2D eigenvalue weighted by molar-refractivity contribution is -0.110. The number of nitrogens with two attached hydrogens (primary N) is 2. The molecular formula is C6H14N2O3. The van der Waals surface area contributed by atoms with Crippen molar-refractivity contribution in [3.05, 3.63) is 0 Å². The highest BCUT2D eigenvalue weighted by atomic mass is 16.3. The Kier molecular flexibility index (Phi) is 4.20. The van der Waals surface area contributed by atoms with E-state index in [1.165, 1.54) is 6.92 Å². The maximum atomic E-state index is 10.1. The SMILES string of the molecule is C[C@@H](O)[C@@H](O)[C@H](N)[C@H](N)C=O.